The van der Waals surface area contributed by atoms with E-state index in [9.17, 15) is 13.2 Å². The SMILES string of the molecule is COc1cc(Cl)c(C)cc1N(CC(=O)N1CCOCC1)S(C)(=O)=O. The number of benzene rings is 1. The van der Waals surface area contributed by atoms with Gasteiger partial charge in [-0.05, 0) is 18.6 Å². The van der Waals surface area contributed by atoms with Crippen LogP contribution in [0.1, 0.15) is 5.56 Å². The van der Waals surface area contributed by atoms with Gasteiger partial charge >= 0.3 is 0 Å². The van der Waals surface area contributed by atoms with E-state index < -0.39 is 10.0 Å². The summed E-state index contributed by atoms with van der Waals surface area (Å²) >= 11 is 6.07. The van der Waals surface area contributed by atoms with Crippen molar-refractivity contribution in [3.63, 3.8) is 0 Å². The molecule has 24 heavy (non-hydrogen) atoms. The van der Waals surface area contributed by atoms with Crippen molar-refractivity contribution in [3.8, 4) is 5.75 Å². The van der Waals surface area contributed by atoms with E-state index in [4.69, 9.17) is 21.1 Å². The number of aryl methyl sites for hydroxylation is 1. The lowest BCUT2D eigenvalue weighted by atomic mass is 10.2. The van der Waals surface area contributed by atoms with Gasteiger partial charge in [0.05, 0.1) is 32.3 Å². The second-order valence-electron chi connectivity index (χ2n) is 5.54. The van der Waals surface area contributed by atoms with E-state index in [0.717, 1.165) is 10.6 Å². The van der Waals surface area contributed by atoms with E-state index >= 15 is 0 Å². The first-order valence-electron chi connectivity index (χ1n) is 7.41. The third kappa shape index (κ3) is 4.31. The maximum atomic E-state index is 12.5. The molecular weight excluding hydrogens is 356 g/mol. The van der Waals surface area contributed by atoms with Crippen molar-refractivity contribution in [2.24, 2.45) is 0 Å². The molecule has 0 radical (unpaired) electrons. The van der Waals surface area contributed by atoms with Gasteiger partial charge in [0, 0.05) is 24.2 Å². The van der Waals surface area contributed by atoms with Crippen molar-refractivity contribution in [2.45, 2.75) is 6.92 Å². The average molecular weight is 377 g/mol. The predicted octanol–water partition coefficient (Wildman–Crippen LogP) is 1.28. The lowest BCUT2D eigenvalue weighted by Gasteiger charge is -2.30. The smallest absolute Gasteiger partial charge is 0.243 e. The van der Waals surface area contributed by atoms with E-state index in [0.29, 0.717) is 48.3 Å². The topological polar surface area (TPSA) is 76.2 Å². The largest absolute Gasteiger partial charge is 0.494 e. The molecule has 7 nitrogen and oxygen atoms in total. The molecule has 9 heteroatoms. The quantitative estimate of drug-likeness (QED) is 0.773. The molecule has 0 aliphatic carbocycles. The normalized spacial score (nSPS) is 15.2. The van der Waals surface area contributed by atoms with Crippen LogP contribution in [0.25, 0.3) is 0 Å². The van der Waals surface area contributed by atoms with Crippen molar-refractivity contribution in [2.75, 3.05) is 50.5 Å². The molecule has 2 rings (SSSR count). The number of halogens is 1. The fourth-order valence-electron chi connectivity index (χ4n) is 2.42. The number of hydrogen-bond donors (Lipinski definition) is 0. The molecule has 0 N–H and O–H groups in total. The molecule has 0 atom stereocenters. The van der Waals surface area contributed by atoms with Gasteiger partial charge in [0.25, 0.3) is 0 Å². The van der Waals surface area contributed by atoms with E-state index in [-0.39, 0.29) is 12.5 Å². The fourth-order valence-corrected chi connectivity index (χ4v) is 3.42. The van der Waals surface area contributed by atoms with Crippen molar-refractivity contribution in [1.82, 2.24) is 4.90 Å². The Balaban J connectivity index is 2.36. The first kappa shape index (κ1) is 18.8. The number of morpholine rings is 1. The minimum absolute atomic E-state index is 0.279. The van der Waals surface area contributed by atoms with E-state index in [2.05, 4.69) is 0 Å². The maximum absolute atomic E-state index is 12.5. The molecule has 1 aliphatic heterocycles. The zero-order valence-electron chi connectivity index (χ0n) is 13.9. The Morgan fingerprint density at radius 3 is 2.54 bits per heavy atom. The zero-order chi connectivity index (χ0) is 17.9. The zero-order valence-corrected chi connectivity index (χ0v) is 15.5. The van der Waals surface area contributed by atoms with Crippen LogP contribution in [0, 0.1) is 6.92 Å². The molecule has 0 spiro atoms. The van der Waals surface area contributed by atoms with Crippen molar-refractivity contribution >= 4 is 33.2 Å². The number of ether oxygens (including phenoxy) is 2. The number of amides is 1. The number of rotatable bonds is 5. The number of carbonyl (C=O) groups is 1. The Labute approximate surface area is 147 Å². The van der Waals surface area contributed by atoms with E-state index in [1.807, 2.05) is 0 Å². The van der Waals surface area contributed by atoms with Crippen LogP contribution in [0.4, 0.5) is 5.69 Å². The number of hydrogen-bond acceptors (Lipinski definition) is 5. The number of nitrogens with zero attached hydrogens (tertiary/aromatic N) is 2. The van der Waals surface area contributed by atoms with Gasteiger partial charge in [0.15, 0.2) is 0 Å². The van der Waals surface area contributed by atoms with E-state index in [1.165, 1.54) is 7.11 Å². The van der Waals surface area contributed by atoms with E-state index in [1.54, 1.807) is 24.0 Å². The van der Waals surface area contributed by atoms with Crippen LogP contribution in [-0.4, -0.2) is 65.4 Å². The number of carbonyl (C=O) groups excluding carboxylic acids is 1. The molecule has 1 aromatic carbocycles. The van der Waals surface area contributed by atoms with Gasteiger partial charge in [-0.15, -0.1) is 0 Å². The number of anilines is 1. The average Bonchev–Trinajstić information content (AvgIpc) is 2.54. The second kappa shape index (κ2) is 7.58. The summed E-state index contributed by atoms with van der Waals surface area (Å²) in [6.45, 7) is 3.27. The number of sulfonamides is 1. The predicted molar refractivity (Wildman–Crippen MR) is 92.3 cm³/mol. The number of methoxy groups -OCH3 is 1. The highest BCUT2D eigenvalue weighted by atomic mass is 35.5. The van der Waals surface area contributed by atoms with Crippen LogP contribution in [0.15, 0.2) is 12.1 Å². The lowest BCUT2D eigenvalue weighted by Crippen LogP contribution is -2.47. The monoisotopic (exact) mass is 376 g/mol. The first-order valence-corrected chi connectivity index (χ1v) is 9.64. The molecule has 0 bridgehead atoms. The van der Waals surface area contributed by atoms with Crippen LogP contribution < -0.4 is 9.04 Å². The maximum Gasteiger partial charge on any atom is 0.243 e. The van der Waals surface area contributed by atoms with Gasteiger partial charge < -0.3 is 14.4 Å². The van der Waals surface area contributed by atoms with Crippen LogP contribution in [0.3, 0.4) is 0 Å². The summed E-state index contributed by atoms with van der Waals surface area (Å²) in [6, 6.07) is 3.15. The summed E-state index contributed by atoms with van der Waals surface area (Å²) in [5.41, 5.74) is 0.989. The van der Waals surface area contributed by atoms with Crippen LogP contribution in [-0.2, 0) is 19.6 Å². The van der Waals surface area contributed by atoms with Crippen LogP contribution >= 0.6 is 11.6 Å². The van der Waals surface area contributed by atoms with Gasteiger partial charge in [-0.3, -0.25) is 9.10 Å². The van der Waals surface area contributed by atoms with Gasteiger partial charge in [-0.25, -0.2) is 8.42 Å². The molecule has 0 saturated carbocycles. The fraction of sp³-hybridized carbons (Fsp3) is 0.533. The van der Waals surface area contributed by atoms with Crippen LogP contribution in [0.5, 0.6) is 5.75 Å². The van der Waals surface area contributed by atoms with Crippen molar-refractivity contribution in [1.29, 1.82) is 0 Å². The molecular formula is C15H21ClN2O5S. The standard InChI is InChI=1S/C15H21ClN2O5S/c1-11-8-13(14(22-2)9-12(11)16)18(24(3,20)21)10-15(19)17-4-6-23-7-5-17/h8-9H,4-7,10H2,1-3H3. The Morgan fingerprint density at radius 2 is 2.00 bits per heavy atom. The Bertz CT molecular complexity index is 717. The Hall–Kier alpha value is -1.51. The second-order valence-corrected chi connectivity index (χ2v) is 7.85. The van der Waals surface area contributed by atoms with Gasteiger partial charge in [-0.2, -0.15) is 0 Å². The Morgan fingerprint density at radius 1 is 1.38 bits per heavy atom. The summed E-state index contributed by atoms with van der Waals surface area (Å²) in [5.74, 6) is 0.0178. The Kier molecular flexibility index (Phi) is 5.95. The molecule has 0 unspecified atom stereocenters. The summed E-state index contributed by atoms with van der Waals surface area (Å²) in [6.07, 6.45) is 1.06. The summed E-state index contributed by atoms with van der Waals surface area (Å²) in [7, 11) is -2.26. The third-order valence-corrected chi connectivity index (χ3v) is 5.31. The molecule has 1 aromatic rings. The highest BCUT2D eigenvalue weighted by molar-refractivity contribution is 7.92. The summed E-state index contributed by atoms with van der Waals surface area (Å²) in [5, 5.41) is 0.462. The van der Waals surface area contributed by atoms with Crippen LogP contribution in [0.2, 0.25) is 5.02 Å². The minimum atomic E-state index is -3.68. The van der Waals surface area contributed by atoms with Crippen molar-refractivity contribution in [3.05, 3.63) is 22.7 Å². The summed E-state index contributed by atoms with van der Waals surface area (Å²) < 4.78 is 36.0. The van der Waals surface area contributed by atoms with Gasteiger partial charge in [0.1, 0.15) is 12.3 Å². The lowest BCUT2D eigenvalue weighted by molar-refractivity contribution is -0.133. The molecule has 1 heterocycles. The first-order chi connectivity index (χ1) is 11.2. The summed E-state index contributed by atoms with van der Waals surface area (Å²) in [4.78, 5) is 14.1. The molecule has 1 fully saturated rings. The molecule has 0 aromatic heterocycles. The highest BCUT2D eigenvalue weighted by Gasteiger charge is 2.27. The van der Waals surface area contributed by atoms with Gasteiger partial charge in [-0.1, -0.05) is 11.6 Å². The molecule has 1 saturated heterocycles. The molecule has 134 valence electrons. The highest BCUT2D eigenvalue weighted by Crippen LogP contribution is 2.35. The van der Waals surface area contributed by atoms with Crippen molar-refractivity contribution < 1.29 is 22.7 Å². The van der Waals surface area contributed by atoms with Gasteiger partial charge in [0.2, 0.25) is 15.9 Å². The third-order valence-electron chi connectivity index (χ3n) is 3.77. The molecule has 1 amide bonds. The minimum Gasteiger partial charge on any atom is -0.494 e. The molecule has 1 aliphatic rings.